The van der Waals surface area contributed by atoms with Crippen molar-refractivity contribution >= 4 is 0 Å². The Morgan fingerprint density at radius 2 is 1.94 bits per heavy atom. The minimum absolute atomic E-state index is 0.263. The van der Waals surface area contributed by atoms with E-state index in [1.807, 2.05) is 18.2 Å². The van der Waals surface area contributed by atoms with E-state index < -0.39 is 6.04 Å². The van der Waals surface area contributed by atoms with E-state index in [0.29, 0.717) is 24.3 Å². The van der Waals surface area contributed by atoms with Crippen molar-refractivity contribution in [3.63, 3.8) is 0 Å². The van der Waals surface area contributed by atoms with Crippen LogP contribution in [0, 0.1) is 10.1 Å². The molecule has 5 heteroatoms. The van der Waals surface area contributed by atoms with E-state index in [2.05, 4.69) is 0 Å². The molecule has 0 aliphatic carbocycles. The Kier molecular flexibility index (Phi) is 4.75. The number of hydrogen-bond acceptors (Lipinski definition) is 4. The fraction of sp³-hybridized carbons (Fsp3) is 0.500. The molecule has 0 aromatic heterocycles. The molecule has 1 atom stereocenters. The van der Waals surface area contributed by atoms with Gasteiger partial charge in [-0.1, -0.05) is 6.07 Å². The number of nitro groups is 1. The highest BCUT2D eigenvalue weighted by molar-refractivity contribution is 5.42. The van der Waals surface area contributed by atoms with Crippen LogP contribution in [-0.2, 0) is 6.42 Å². The molecule has 0 aliphatic rings. The Morgan fingerprint density at radius 3 is 2.47 bits per heavy atom. The van der Waals surface area contributed by atoms with E-state index in [1.54, 1.807) is 21.1 Å². The third-order valence-electron chi connectivity index (χ3n) is 2.66. The first kappa shape index (κ1) is 13.3. The number of ether oxygens (including phenoxy) is 2. The Morgan fingerprint density at radius 1 is 1.29 bits per heavy atom. The third kappa shape index (κ3) is 3.62. The summed E-state index contributed by atoms with van der Waals surface area (Å²) in [6, 6.07) is 5.04. The van der Waals surface area contributed by atoms with Crippen LogP contribution in [0.1, 0.15) is 18.9 Å². The summed E-state index contributed by atoms with van der Waals surface area (Å²) < 4.78 is 10.3. The van der Waals surface area contributed by atoms with Crippen LogP contribution in [0.25, 0.3) is 0 Å². The van der Waals surface area contributed by atoms with E-state index in [-0.39, 0.29) is 4.92 Å². The van der Waals surface area contributed by atoms with Gasteiger partial charge in [-0.3, -0.25) is 10.1 Å². The number of hydrogen-bond donors (Lipinski definition) is 0. The summed E-state index contributed by atoms with van der Waals surface area (Å²) in [7, 11) is 3.15. The summed E-state index contributed by atoms with van der Waals surface area (Å²) in [4.78, 5) is 10.2. The number of nitrogens with zero attached hydrogens (tertiary/aromatic N) is 1. The predicted octanol–water partition coefficient (Wildman–Crippen LogP) is 2.30. The Labute approximate surface area is 101 Å². The molecular formula is C12H17NO4. The van der Waals surface area contributed by atoms with E-state index >= 15 is 0 Å². The molecule has 0 bridgehead atoms. The first-order chi connectivity index (χ1) is 8.08. The highest BCUT2D eigenvalue weighted by Crippen LogP contribution is 2.28. The van der Waals surface area contributed by atoms with Crippen molar-refractivity contribution in [1.82, 2.24) is 0 Å². The van der Waals surface area contributed by atoms with E-state index in [1.165, 1.54) is 0 Å². The molecule has 5 nitrogen and oxygen atoms in total. The Hall–Kier alpha value is -1.78. The maximum absolute atomic E-state index is 10.5. The smallest absolute Gasteiger partial charge is 0.210 e. The van der Waals surface area contributed by atoms with Gasteiger partial charge < -0.3 is 9.47 Å². The fourth-order valence-electron chi connectivity index (χ4n) is 1.52. The molecule has 1 aromatic carbocycles. The molecule has 0 fully saturated rings. The number of methoxy groups -OCH3 is 2. The molecule has 94 valence electrons. The van der Waals surface area contributed by atoms with Gasteiger partial charge in [-0.05, 0) is 24.1 Å². The van der Waals surface area contributed by atoms with Crippen molar-refractivity contribution in [3.8, 4) is 11.5 Å². The van der Waals surface area contributed by atoms with Crippen LogP contribution >= 0.6 is 0 Å². The van der Waals surface area contributed by atoms with Gasteiger partial charge in [-0.25, -0.2) is 0 Å². The van der Waals surface area contributed by atoms with Gasteiger partial charge in [0.2, 0.25) is 6.04 Å². The molecule has 0 saturated carbocycles. The Balaban J connectivity index is 2.69. The van der Waals surface area contributed by atoms with Crippen molar-refractivity contribution in [1.29, 1.82) is 0 Å². The minimum atomic E-state index is -0.525. The van der Waals surface area contributed by atoms with Gasteiger partial charge in [0, 0.05) is 18.3 Å². The lowest BCUT2D eigenvalue weighted by Crippen LogP contribution is -2.15. The predicted molar refractivity (Wildman–Crippen MR) is 64.3 cm³/mol. The maximum atomic E-state index is 10.5. The van der Waals surface area contributed by atoms with Crippen LogP contribution in [0.4, 0.5) is 0 Å². The molecule has 0 amide bonds. The van der Waals surface area contributed by atoms with Crippen molar-refractivity contribution in [2.75, 3.05) is 14.2 Å². The van der Waals surface area contributed by atoms with Gasteiger partial charge in [0.1, 0.15) is 0 Å². The average molecular weight is 239 g/mol. The molecule has 0 radical (unpaired) electrons. The molecule has 0 N–H and O–H groups in total. The molecule has 1 unspecified atom stereocenters. The highest BCUT2D eigenvalue weighted by Gasteiger charge is 2.13. The minimum Gasteiger partial charge on any atom is -0.493 e. The first-order valence-corrected chi connectivity index (χ1v) is 5.43. The van der Waals surface area contributed by atoms with Gasteiger partial charge in [-0.2, -0.15) is 0 Å². The van der Waals surface area contributed by atoms with Crippen molar-refractivity contribution < 1.29 is 14.4 Å². The van der Waals surface area contributed by atoms with Crippen LogP contribution in [0.2, 0.25) is 0 Å². The fourth-order valence-corrected chi connectivity index (χ4v) is 1.52. The second-order valence-corrected chi connectivity index (χ2v) is 3.86. The standard InChI is InChI=1S/C12H17NO4/c1-9(13(14)15)4-5-10-6-7-11(16-2)12(8-10)17-3/h6-9H,4-5H2,1-3H3. The van der Waals surface area contributed by atoms with E-state index in [0.717, 1.165) is 5.56 Å². The van der Waals surface area contributed by atoms with Crippen LogP contribution in [0.3, 0.4) is 0 Å². The zero-order valence-electron chi connectivity index (χ0n) is 10.3. The average Bonchev–Trinajstić information content (AvgIpc) is 2.35. The van der Waals surface area contributed by atoms with Crippen molar-refractivity contribution in [2.45, 2.75) is 25.8 Å². The van der Waals surface area contributed by atoms with Gasteiger partial charge in [-0.15, -0.1) is 0 Å². The molecule has 0 saturated heterocycles. The summed E-state index contributed by atoms with van der Waals surface area (Å²) in [5.74, 6) is 1.32. The quantitative estimate of drug-likeness (QED) is 0.564. The van der Waals surface area contributed by atoms with Gasteiger partial charge >= 0.3 is 0 Å². The normalized spacial score (nSPS) is 11.9. The SMILES string of the molecule is COc1ccc(CCC(C)[N+](=O)[O-])cc1OC. The molecule has 0 spiro atoms. The number of benzene rings is 1. The molecular weight excluding hydrogens is 222 g/mol. The summed E-state index contributed by atoms with van der Waals surface area (Å²) in [6.45, 7) is 1.61. The molecule has 1 aromatic rings. The van der Waals surface area contributed by atoms with Crippen molar-refractivity contribution in [2.24, 2.45) is 0 Å². The molecule has 17 heavy (non-hydrogen) atoms. The largest absolute Gasteiger partial charge is 0.493 e. The molecule has 1 rings (SSSR count). The first-order valence-electron chi connectivity index (χ1n) is 5.43. The van der Waals surface area contributed by atoms with Crippen molar-refractivity contribution in [3.05, 3.63) is 33.9 Å². The zero-order chi connectivity index (χ0) is 12.8. The van der Waals surface area contributed by atoms with Crippen LogP contribution in [0.15, 0.2) is 18.2 Å². The lowest BCUT2D eigenvalue weighted by molar-refractivity contribution is -0.518. The van der Waals surface area contributed by atoms with Gasteiger partial charge in [0.05, 0.1) is 14.2 Å². The maximum Gasteiger partial charge on any atom is 0.210 e. The summed E-state index contributed by atoms with van der Waals surface area (Å²) in [5, 5.41) is 10.5. The lowest BCUT2D eigenvalue weighted by Gasteiger charge is -2.09. The monoisotopic (exact) mass is 239 g/mol. The summed E-state index contributed by atoms with van der Waals surface area (Å²) in [6.07, 6.45) is 1.17. The number of aryl methyl sites for hydroxylation is 1. The summed E-state index contributed by atoms with van der Waals surface area (Å²) >= 11 is 0. The second kappa shape index (κ2) is 6.08. The lowest BCUT2D eigenvalue weighted by atomic mass is 10.1. The van der Waals surface area contributed by atoms with Crippen LogP contribution in [0.5, 0.6) is 11.5 Å². The van der Waals surface area contributed by atoms with E-state index in [9.17, 15) is 10.1 Å². The zero-order valence-corrected chi connectivity index (χ0v) is 10.3. The third-order valence-corrected chi connectivity index (χ3v) is 2.66. The topological polar surface area (TPSA) is 61.6 Å². The molecule has 0 heterocycles. The summed E-state index contributed by atoms with van der Waals surface area (Å²) in [5.41, 5.74) is 1.01. The van der Waals surface area contributed by atoms with Gasteiger partial charge in [0.25, 0.3) is 0 Å². The van der Waals surface area contributed by atoms with Gasteiger partial charge in [0.15, 0.2) is 11.5 Å². The van der Waals surface area contributed by atoms with E-state index in [4.69, 9.17) is 9.47 Å². The van der Waals surface area contributed by atoms with Crippen LogP contribution < -0.4 is 9.47 Å². The highest BCUT2D eigenvalue weighted by atomic mass is 16.6. The Bertz CT molecular complexity index is 392. The number of rotatable bonds is 6. The molecule has 0 aliphatic heterocycles. The van der Waals surface area contributed by atoms with Crippen LogP contribution in [-0.4, -0.2) is 25.2 Å². The second-order valence-electron chi connectivity index (χ2n) is 3.86.